The SMILES string of the molecule is c1ccc(-c2ccc(N(c3ccc(-c4ccccc4-n4c5ccccc5c5ccc(-c6ccccc6)cc54)cc3)c3ccc(-c4cc5ccccc5c5ccccc45)cc3)cc2)cc1. The molecule has 12 rings (SSSR count). The van der Waals surface area contributed by atoms with Crippen LogP contribution in [0.2, 0.25) is 0 Å². The molecule has 0 spiro atoms. The molecule has 1 aromatic heterocycles. The third-order valence-electron chi connectivity index (χ3n) is 12.8. The van der Waals surface area contributed by atoms with Gasteiger partial charge in [0.05, 0.1) is 16.7 Å². The number of hydrogen-bond donors (Lipinski definition) is 0. The predicted octanol–water partition coefficient (Wildman–Crippen LogP) is 17.2. The van der Waals surface area contributed by atoms with Gasteiger partial charge in [0.15, 0.2) is 0 Å². The number of hydrogen-bond acceptors (Lipinski definition) is 1. The first kappa shape index (κ1) is 37.3. The van der Waals surface area contributed by atoms with E-state index >= 15 is 0 Å². The van der Waals surface area contributed by atoms with Crippen molar-refractivity contribution in [2.24, 2.45) is 0 Å². The van der Waals surface area contributed by atoms with E-state index in [9.17, 15) is 0 Å². The Hall–Kier alpha value is -8.46. The van der Waals surface area contributed by atoms with Crippen LogP contribution in [-0.4, -0.2) is 4.57 Å². The van der Waals surface area contributed by atoms with Crippen LogP contribution in [0.4, 0.5) is 17.1 Å². The van der Waals surface area contributed by atoms with Crippen molar-refractivity contribution < 1.29 is 0 Å². The maximum atomic E-state index is 2.45. The lowest BCUT2D eigenvalue weighted by Crippen LogP contribution is -2.09. The first-order chi connectivity index (χ1) is 31.7. The molecule has 0 atom stereocenters. The minimum absolute atomic E-state index is 1.09. The zero-order valence-corrected chi connectivity index (χ0v) is 35.1. The van der Waals surface area contributed by atoms with Gasteiger partial charge in [-0.05, 0) is 121 Å². The van der Waals surface area contributed by atoms with Gasteiger partial charge in [0.25, 0.3) is 0 Å². The van der Waals surface area contributed by atoms with E-state index in [4.69, 9.17) is 0 Å². The number of para-hydroxylation sites is 2. The summed E-state index contributed by atoms with van der Waals surface area (Å²) in [7, 11) is 0. The summed E-state index contributed by atoms with van der Waals surface area (Å²) >= 11 is 0. The monoisotopic (exact) mass is 814 g/mol. The van der Waals surface area contributed by atoms with E-state index in [0.717, 1.165) is 28.3 Å². The molecule has 0 N–H and O–H groups in total. The molecule has 0 aliphatic rings. The molecule has 1 heterocycles. The van der Waals surface area contributed by atoms with E-state index in [-0.39, 0.29) is 0 Å². The van der Waals surface area contributed by atoms with Crippen LogP contribution < -0.4 is 4.90 Å². The minimum atomic E-state index is 1.09. The van der Waals surface area contributed by atoms with Gasteiger partial charge in [0.1, 0.15) is 0 Å². The lowest BCUT2D eigenvalue weighted by Gasteiger charge is -2.26. The molecular weight excluding hydrogens is 773 g/mol. The zero-order valence-electron chi connectivity index (χ0n) is 35.1. The molecule has 0 radical (unpaired) electrons. The summed E-state index contributed by atoms with van der Waals surface area (Å²) < 4.78 is 2.45. The quantitative estimate of drug-likeness (QED) is 0.139. The van der Waals surface area contributed by atoms with Crippen LogP contribution in [0.1, 0.15) is 0 Å². The van der Waals surface area contributed by atoms with Gasteiger partial charge in [-0.3, -0.25) is 0 Å². The molecule has 12 aromatic rings. The number of rotatable bonds is 8. The van der Waals surface area contributed by atoms with Crippen LogP contribution in [0, 0.1) is 0 Å². The van der Waals surface area contributed by atoms with Gasteiger partial charge in [-0.15, -0.1) is 0 Å². The normalized spacial score (nSPS) is 11.4. The Bertz CT molecular complexity index is 3620. The summed E-state index contributed by atoms with van der Waals surface area (Å²) in [5, 5.41) is 7.55. The molecule has 0 saturated carbocycles. The molecular formula is C62H42N2. The number of anilines is 3. The van der Waals surface area contributed by atoms with Gasteiger partial charge in [-0.2, -0.15) is 0 Å². The number of nitrogens with zero attached hydrogens (tertiary/aromatic N) is 2. The summed E-state index contributed by atoms with van der Waals surface area (Å²) in [5.41, 5.74) is 16.4. The standard InChI is InChI=1S/C62H42N2/c1-3-15-43(16-4-1)45-27-34-50(35-28-45)63(52-38-31-47(32-39-52)59-41-49-19-7-8-20-53(49)55-22-9-10-23-56(55)59)51-36-29-46(30-37-51)54-21-11-13-25-60(54)64-61-26-14-12-24-57(61)58-40-33-48(42-62(58)64)44-17-5-2-6-18-44/h1-42H. The minimum Gasteiger partial charge on any atom is -0.311 e. The van der Waals surface area contributed by atoms with Crippen LogP contribution in [0.25, 0.3) is 93.5 Å². The Morgan fingerprint density at radius 3 is 1.38 bits per heavy atom. The van der Waals surface area contributed by atoms with E-state index in [1.54, 1.807) is 0 Å². The fourth-order valence-electron chi connectivity index (χ4n) is 9.71. The predicted molar refractivity (Wildman–Crippen MR) is 272 cm³/mol. The lowest BCUT2D eigenvalue weighted by atomic mass is 9.93. The smallest absolute Gasteiger partial charge is 0.0547 e. The first-order valence-corrected chi connectivity index (χ1v) is 22.0. The third kappa shape index (κ3) is 6.52. The van der Waals surface area contributed by atoms with E-state index in [0.29, 0.717) is 0 Å². The van der Waals surface area contributed by atoms with Crippen molar-refractivity contribution in [1.82, 2.24) is 4.57 Å². The van der Waals surface area contributed by atoms with Crippen molar-refractivity contribution >= 4 is 60.4 Å². The van der Waals surface area contributed by atoms with E-state index < -0.39 is 0 Å². The number of fused-ring (bicyclic) bond motifs is 6. The molecule has 0 amide bonds. The maximum Gasteiger partial charge on any atom is 0.0547 e. The molecule has 0 aliphatic carbocycles. The molecule has 2 heteroatoms. The highest BCUT2D eigenvalue weighted by molar-refractivity contribution is 6.14. The lowest BCUT2D eigenvalue weighted by molar-refractivity contribution is 1.18. The first-order valence-electron chi connectivity index (χ1n) is 22.0. The van der Waals surface area contributed by atoms with E-state index in [2.05, 4.69) is 264 Å². The van der Waals surface area contributed by atoms with Gasteiger partial charge in [-0.25, -0.2) is 0 Å². The Morgan fingerprint density at radius 2 is 0.703 bits per heavy atom. The fourth-order valence-corrected chi connectivity index (χ4v) is 9.71. The molecule has 300 valence electrons. The van der Waals surface area contributed by atoms with Gasteiger partial charge in [0.2, 0.25) is 0 Å². The Morgan fingerprint density at radius 1 is 0.250 bits per heavy atom. The molecule has 0 bridgehead atoms. The highest BCUT2D eigenvalue weighted by Gasteiger charge is 2.19. The fraction of sp³-hybridized carbons (Fsp3) is 0. The van der Waals surface area contributed by atoms with Crippen LogP contribution in [0.5, 0.6) is 0 Å². The van der Waals surface area contributed by atoms with Crippen LogP contribution in [-0.2, 0) is 0 Å². The molecule has 0 unspecified atom stereocenters. The zero-order chi connectivity index (χ0) is 42.4. The van der Waals surface area contributed by atoms with Crippen molar-refractivity contribution in [2.45, 2.75) is 0 Å². The number of aromatic nitrogens is 1. The van der Waals surface area contributed by atoms with Gasteiger partial charge in [-0.1, -0.05) is 194 Å². The average Bonchev–Trinajstić information content (AvgIpc) is 3.71. The van der Waals surface area contributed by atoms with Crippen LogP contribution >= 0.6 is 0 Å². The second-order valence-electron chi connectivity index (χ2n) is 16.5. The Kier molecular flexibility index (Phi) is 9.20. The average molecular weight is 815 g/mol. The Labute approximate surface area is 373 Å². The molecule has 11 aromatic carbocycles. The van der Waals surface area contributed by atoms with Crippen molar-refractivity contribution in [3.63, 3.8) is 0 Å². The largest absolute Gasteiger partial charge is 0.311 e. The summed E-state index contributed by atoms with van der Waals surface area (Å²) in [6.07, 6.45) is 0. The number of benzene rings is 11. The molecule has 0 aliphatic heterocycles. The summed E-state index contributed by atoms with van der Waals surface area (Å²) in [6.45, 7) is 0. The van der Waals surface area contributed by atoms with Gasteiger partial charge in [0, 0.05) is 33.4 Å². The maximum absolute atomic E-state index is 2.45. The van der Waals surface area contributed by atoms with Crippen molar-refractivity contribution in [1.29, 1.82) is 0 Å². The van der Waals surface area contributed by atoms with Crippen LogP contribution in [0.15, 0.2) is 255 Å². The summed E-state index contributed by atoms with van der Waals surface area (Å²) in [6, 6.07) is 92.6. The van der Waals surface area contributed by atoms with Crippen LogP contribution in [0.3, 0.4) is 0 Å². The molecule has 2 nitrogen and oxygen atoms in total. The summed E-state index contributed by atoms with van der Waals surface area (Å²) in [5.74, 6) is 0. The molecule has 0 saturated heterocycles. The highest BCUT2D eigenvalue weighted by atomic mass is 15.1. The molecule has 64 heavy (non-hydrogen) atoms. The van der Waals surface area contributed by atoms with Crippen molar-refractivity contribution in [3.05, 3.63) is 255 Å². The summed E-state index contributed by atoms with van der Waals surface area (Å²) in [4.78, 5) is 2.37. The highest BCUT2D eigenvalue weighted by Crippen LogP contribution is 2.42. The molecule has 0 fully saturated rings. The third-order valence-corrected chi connectivity index (χ3v) is 12.8. The topological polar surface area (TPSA) is 8.17 Å². The second kappa shape index (κ2) is 15.8. The van der Waals surface area contributed by atoms with E-state index in [1.165, 1.54) is 82.3 Å². The van der Waals surface area contributed by atoms with Gasteiger partial charge < -0.3 is 9.47 Å². The Balaban J connectivity index is 0.961. The van der Waals surface area contributed by atoms with E-state index in [1.807, 2.05) is 0 Å². The van der Waals surface area contributed by atoms with Crippen molar-refractivity contribution in [3.8, 4) is 50.2 Å². The van der Waals surface area contributed by atoms with Crippen molar-refractivity contribution in [2.75, 3.05) is 4.90 Å². The second-order valence-corrected chi connectivity index (χ2v) is 16.5. The van der Waals surface area contributed by atoms with Gasteiger partial charge >= 0.3 is 0 Å².